The number of likely N-dealkylation sites (tertiary alicyclic amines) is 1. The van der Waals surface area contributed by atoms with E-state index in [0.29, 0.717) is 18.2 Å². The van der Waals surface area contributed by atoms with Crippen LogP contribution in [0.4, 0.5) is 14.5 Å². The van der Waals surface area contributed by atoms with Crippen molar-refractivity contribution in [2.75, 3.05) is 25.0 Å². The van der Waals surface area contributed by atoms with Crippen molar-refractivity contribution < 1.29 is 8.78 Å². The van der Waals surface area contributed by atoms with Crippen molar-refractivity contribution in [3.8, 4) is 0 Å². The largest absolute Gasteiger partial charge is 0.370 e. The van der Waals surface area contributed by atoms with Crippen LogP contribution in [0.25, 0.3) is 0 Å². The first-order valence-electron chi connectivity index (χ1n) is 11.9. The highest BCUT2D eigenvalue weighted by Crippen LogP contribution is 2.42. The highest BCUT2D eigenvalue weighted by molar-refractivity contribution is 7.10. The molecule has 35 heavy (non-hydrogen) atoms. The molecule has 1 saturated heterocycles. The van der Waals surface area contributed by atoms with Crippen molar-refractivity contribution in [2.45, 2.75) is 45.6 Å². The third-order valence-corrected chi connectivity index (χ3v) is 8.01. The summed E-state index contributed by atoms with van der Waals surface area (Å²) in [6, 6.07) is 13.6. The van der Waals surface area contributed by atoms with E-state index in [4.69, 9.17) is 10.7 Å². The van der Waals surface area contributed by atoms with Crippen molar-refractivity contribution in [2.24, 2.45) is 16.1 Å². The highest BCUT2D eigenvalue weighted by Gasteiger charge is 2.43. The minimum atomic E-state index is -0.299. The maximum Gasteiger partial charge on any atom is 0.193 e. The van der Waals surface area contributed by atoms with Gasteiger partial charge in [0, 0.05) is 46.5 Å². The number of nitrogens with one attached hydrogen (secondary N) is 1. The van der Waals surface area contributed by atoms with Crippen LogP contribution in [0, 0.1) is 23.3 Å². The number of anilines is 1. The number of hydrogen-bond donors (Lipinski definition) is 2. The van der Waals surface area contributed by atoms with E-state index >= 15 is 0 Å². The van der Waals surface area contributed by atoms with Gasteiger partial charge in [-0.2, -0.15) is 4.39 Å². The number of halogens is 2. The Labute approximate surface area is 210 Å². The van der Waals surface area contributed by atoms with Gasteiger partial charge in [-0.15, -0.1) is 11.3 Å². The average molecular weight is 498 g/mol. The van der Waals surface area contributed by atoms with Gasteiger partial charge >= 0.3 is 0 Å². The van der Waals surface area contributed by atoms with Gasteiger partial charge in [-0.25, -0.2) is 4.39 Å². The van der Waals surface area contributed by atoms with E-state index in [0.717, 1.165) is 42.9 Å². The van der Waals surface area contributed by atoms with Crippen LogP contribution in [0.5, 0.6) is 0 Å². The number of aromatic nitrogens is 1. The van der Waals surface area contributed by atoms with E-state index in [9.17, 15) is 8.78 Å². The molecule has 4 rings (SSSR count). The summed E-state index contributed by atoms with van der Waals surface area (Å²) in [7, 11) is 0. The predicted molar refractivity (Wildman–Crippen MR) is 140 cm³/mol. The lowest BCUT2D eigenvalue weighted by molar-refractivity contribution is 0.130. The summed E-state index contributed by atoms with van der Waals surface area (Å²) < 4.78 is 26.8. The van der Waals surface area contributed by atoms with Crippen LogP contribution in [0.2, 0.25) is 0 Å². The molecule has 0 spiro atoms. The van der Waals surface area contributed by atoms with Gasteiger partial charge in [0.15, 0.2) is 11.1 Å². The van der Waals surface area contributed by atoms with E-state index in [1.165, 1.54) is 35.1 Å². The minimum absolute atomic E-state index is 0.0923. The molecule has 1 fully saturated rings. The normalized spacial score (nSPS) is 19.3. The number of aryl methyl sites for hydroxylation is 2. The van der Waals surface area contributed by atoms with Gasteiger partial charge in [0.05, 0.1) is 0 Å². The number of nitrogens with two attached hydrogens (primary N) is 1. The first-order chi connectivity index (χ1) is 16.6. The van der Waals surface area contributed by atoms with Crippen LogP contribution in [0.1, 0.15) is 42.8 Å². The number of rotatable bonds is 8. The van der Waals surface area contributed by atoms with Gasteiger partial charge in [-0.3, -0.25) is 14.9 Å². The predicted octanol–water partition coefficient (Wildman–Crippen LogP) is 5.72. The van der Waals surface area contributed by atoms with Crippen LogP contribution < -0.4 is 11.1 Å². The molecule has 0 aliphatic carbocycles. The fourth-order valence-electron chi connectivity index (χ4n) is 4.68. The molecule has 1 aromatic carbocycles. The molecule has 3 N–H and O–H groups in total. The van der Waals surface area contributed by atoms with Crippen molar-refractivity contribution in [1.82, 2.24) is 9.88 Å². The average Bonchev–Trinajstić information content (AvgIpc) is 3.45. The lowest BCUT2D eigenvalue weighted by atomic mass is 9.81. The lowest BCUT2D eigenvalue weighted by Crippen LogP contribution is -2.42. The van der Waals surface area contributed by atoms with Crippen molar-refractivity contribution in [1.29, 1.82) is 0 Å². The highest BCUT2D eigenvalue weighted by atomic mass is 32.1. The second kappa shape index (κ2) is 10.4. The molecule has 0 amide bonds. The number of nitrogens with zero attached hydrogens (tertiary/aromatic N) is 3. The summed E-state index contributed by atoms with van der Waals surface area (Å²) in [5.41, 5.74) is 8.79. The minimum Gasteiger partial charge on any atom is -0.370 e. The molecule has 8 heteroatoms. The van der Waals surface area contributed by atoms with Crippen molar-refractivity contribution in [3.05, 3.63) is 81.8 Å². The molecule has 0 radical (unpaired) electrons. The summed E-state index contributed by atoms with van der Waals surface area (Å²) in [6.07, 6.45) is 4.62. The first-order valence-corrected chi connectivity index (χ1v) is 12.7. The Morgan fingerprint density at radius 2 is 1.94 bits per heavy atom. The van der Waals surface area contributed by atoms with Crippen molar-refractivity contribution >= 4 is 23.0 Å². The Balaban J connectivity index is 1.51. The molecular formula is C27H33F2N5S. The third kappa shape index (κ3) is 6.24. The summed E-state index contributed by atoms with van der Waals surface area (Å²) >= 11 is 1.21. The zero-order valence-electron chi connectivity index (χ0n) is 20.5. The second-order valence-corrected chi connectivity index (χ2v) is 11.1. The summed E-state index contributed by atoms with van der Waals surface area (Å²) in [4.78, 5) is 12.7. The summed E-state index contributed by atoms with van der Waals surface area (Å²) in [5, 5.41) is 2.90. The Morgan fingerprint density at radius 1 is 1.17 bits per heavy atom. The van der Waals surface area contributed by atoms with Gasteiger partial charge in [0.1, 0.15) is 5.82 Å². The van der Waals surface area contributed by atoms with Gasteiger partial charge in [0.25, 0.3) is 0 Å². The standard InChI is InChI=1S/C27H33F2N5S/c1-19-4-5-20(16-31-19)26(2,3)34-15-14-27(18-34,13-12-23-10-11-24(29)35-23)17-32-25(30)33-22-8-6-21(28)7-9-22/h4-11,16H,12-15,17-18H2,1-3H3,(H3,30,32,33). The fourth-order valence-corrected chi connectivity index (χ4v) is 5.41. The molecular weight excluding hydrogens is 464 g/mol. The zero-order valence-corrected chi connectivity index (χ0v) is 21.3. The molecule has 0 saturated carbocycles. The van der Waals surface area contributed by atoms with Gasteiger partial charge in [-0.05, 0) is 94.6 Å². The van der Waals surface area contributed by atoms with E-state index in [-0.39, 0.29) is 21.9 Å². The zero-order chi connectivity index (χ0) is 25.1. The number of thiophene rings is 1. The Bertz CT molecular complexity index is 1160. The number of guanidine groups is 1. The second-order valence-electron chi connectivity index (χ2n) is 9.96. The Morgan fingerprint density at radius 3 is 2.60 bits per heavy atom. The monoisotopic (exact) mass is 497 g/mol. The smallest absolute Gasteiger partial charge is 0.193 e. The molecule has 1 aliphatic rings. The van der Waals surface area contributed by atoms with Crippen molar-refractivity contribution in [3.63, 3.8) is 0 Å². The number of aliphatic imine (C=N–C) groups is 1. The molecule has 1 aliphatic heterocycles. The van der Waals surface area contributed by atoms with Gasteiger partial charge in [-0.1, -0.05) is 6.07 Å². The third-order valence-electron chi connectivity index (χ3n) is 7.08. The van der Waals surface area contributed by atoms with Gasteiger partial charge < -0.3 is 11.1 Å². The number of hydrogen-bond acceptors (Lipinski definition) is 4. The molecule has 1 atom stereocenters. The van der Waals surface area contributed by atoms with Crippen LogP contribution in [-0.4, -0.2) is 35.5 Å². The first kappa shape index (κ1) is 25.3. The molecule has 3 heterocycles. The molecule has 5 nitrogen and oxygen atoms in total. The lowest BCUT2D eigenvalue weighted by Gasteiger charge is -2.38. The SMILES string of the molecule is Cc1ccc(C(C)(C)N2CCC(CCc3ccc(F)s3)(CN=C(N)Nc3ccc(F)cc3)C2)cn1. The van der Waals surface area contributed by atoms with Crippen LogP contribution in [-0.2, 0) is 12.0 Å². The molecule has 186 valence electrons. The number of benzene rings is 1. The Kier molecular flexibility index (Phi) is 7.52. The molecule has 3 aromatic rings. The van der Waals surface area contributed by atoms with E-state index in [2.05, 4.69) is 41.2 Å². The maximum atomic E-state index is 13.6. The van der Waals surface area contributed by atoms with E-state index < -0.39 is 0 Å². The maximum absolute atomic E-state index is 13.6. The molecule has 0 bridgehead atoms. The van der Waals surface area contributed by atoms with E-state index in [1.807, 2.05) is 19.2 Å². The van der Waals surface area contributed by atoms with Crippen LogP contribution in [0.15, 0.2) is 59.7 Å². The summed E-state index contributed by atoms with van der Waals surface area (Å²) in [6.45, 7) is 8.80. The fraction of sp³-hybridized carbons (Fsp3) is 0.407. The van der Waals surface area contributed by atoms with Crippen LogP contribution in [0.3, 0.4) is 0 Å². The topological polar surface area (TPSA) is 66.5 Å². The van der Waals surface area contributed by atoms with E-state index in [1.54, 1.807) is 12.1 Å². The molecule has 1 unspecified atom stereocenters. The quantitative estimate of drug-likeness (QED) is 0.309. The summed E-state index contributed by atoms with van der Waals surface area (Å²) in [5.74, 6) is 0.00561. The van der Waals surface area contributed by atoms with Gasteiger partial charge in [0.2, 0.25) is 0 Å². The Hall–Kier alpha value is -2.84. The van der Waals surface area contributed by atoms with Crippen LogP contribution >= 0.6 is 11.3 Å². The molecule has 2 aromatic heterocycles. The number of pyridine rings is 1.